The van der Waals surface area contributed by atoms with Crippen molar-refractivity contribution in [2.24, 2.45) is 0 Å². The lowest BCUT2D eigenvalue weighted by molar-refractivity contribution is 0.276. The Morgan fingerprint density at radius 1 is 0.963 bits per heavy atom. The fourth-order valence-electron chi connectivity index (χ4n) is 3.61. The van der Waals surface area contributed by atoms with Crippen LogP contribution in [0.1, 0.15) is 24.4 Å². The summed E-state index contributed by atoms with van der Waals surface area (Å²) in [5.74, 6) is 0. The molecule has 7 heteroatoms. The molecule has 1 saturated heterocycles. The van der Waals surface area contributed by atoms with E-state index in [0.29, 0.717) is 25.9 Å². The number of hydrogen-bond acceptors (Lipinski definition) is 3. The molecule has 2 aromatic carbocycles. The van der Waals surface area contributed by atoms with Gasteiger partial charge in [0.2, 0.25) is 10.0 Å². The lowest BCUT2D eigenvalue weighted by Gasteiger charge is -2.31. The molecule has 0 amide bonds. The van der Waals surface area contributed by atoms with Crippen LogP contribution in [-0.2, 0) is 10.0 Å². The van der Waals surface area contributed by atoms with Gasteiger partial charge in [-0.05, 0) is 36.6 Å². The molecule has 140 valence electrons. The van der Waals surface area contributed by atoms with Gasteiger partial charge in [-0.3, -0.25) is 4.57 Å². The molecule has 1 N–H and O–H groups in total. The summed E-state index contributed by atoms with van der Waals surface area (Å²) in [5.41, 5.74) is 2.39. The summed E-state index contributed by atoms with van der Waals surface area (Å²) in [6.07, 6.45) is 2.84. The number of piperidine rings is 1. The van der Waals surface area contributed by atoms with E-state index in [0.717, 1.165) is 16.6 Å². The average Bonchev–Trinajstić information content (AvgIpc) is 3.03. The monoisotopic (exact) mass is 383 g/mol. The minimum absolute atomic E-state index is 0.00166. The van der Waals surface area contributed by atoms with E-state index in [-0.39, 0.29) is 11.7 Å². The second kappa shape index (κ2) is 7.17. The first kappa shape index (κ1) is 17.8. The van der Waals surface area contributed by atoms with Crippen molar-refractivity contribution in [2.75, 3.05) is 13.1 Å². The predicted octanol–water partition coefficient (Wildman–Crippen LogP) is 2.97. The van der Waals surface area contributed by atoms with Crippen LogP contribution in [0.5, 0.6) is 0 Å². The Labute approximate surface area is 157 Å². The predicted molar refractivity (Wildman–Crippen MR) is 107 cm³/mol. The Bertz CT molecular complexity index is 1120. The number of hydrogen-bond donors (Lipinski definition) is 1. The minimum atomic E-state index is -3.47. The quantitative estimate of drug-likeness (QED) is 0.753. The maximum absolute atomic E-state index is 12.6. The van der Waals surface area contributed by atoms with Crippen LogP contribution in [0, 0.1) is 0 Å². The maximum atomic E-state index is 12.6. The molecule has 6 nitrogen and oxygen atoms in total. The number of aromatic amines is 1. The highest BCUT2D eigenvalue weighted by molar-refractivity contribution is 7.92. The summed E-state index contributed by atoms with van der Waals surface area (Å²) in [7, 11) is -3.47. The zero-order valence-corrected chi connectivity index (χ0v) is 15.6. The highest BCUT2D eigenvalue weighted by Crippen LogP contribution is 2.26. The molecule has 0 atom stereocenters. The van der Waals surface area contributed by atoms with Gasteiger partial charge in [-0.2, -0.15) is 4.31 Å². The highest BCUT2D eigenvalue weighted by atomic mass is 32.2. The summed E-state index contributed by atoms with van der Waals surface area (Å²) in [4.78, 5) is 15.2. The normalized spacial score (nSPS) is 17.0. The molecule has 0 radical (unpaired) electrons. The number of benzene rings is 2. The number of fused-ring (bicyclic) bond motifs is 1. The lowest BCUT2D eigenvalue weighted by atomic mass is 10.1. The molecule has 1 aromatic heterocycles. The van der Waals surface area contributed by atoms with Gasteiger partial charge in [-0.25, -0.2) is 13.2 Å². The third kappa shape index (κ3) is 3.61. The molecule has 0 saturated carbocycles. The molecule has 0 spiro atoms. The zero-order chi connectivity index (χ0) is 18.9. The van der Waals surface area contributed by atoms with E-state index in [1.165, 1.54) is 9.71 Å². The largest absolute Gasteiger partial charge is 0.326 e. The number of aromatic nitrogens is 2. The minimum Gasteiger partial charge on any atom is -0.306 e. The van der Waals surface area contributed by atoms with Gasteiger partial charge in [0.05, 0.1) is 11.0 Å². The molecule has 27 heavy (non-hydrogen) atoms. The summed E-state index contributed by atoms with van der Waals surface area (Å²) < 4.78 is 28.4. The Balaban J connectivity index is 1.49. The van der Waals surface area contributed by atoms with E-state index >= 15 is 0 Å². The first-order valence-corrected chi connectivity index (χ1v) is 10.5. The fraction of sp³-hybridized carbons (Fsp3) is 0.250. The Morgan fingerprint density at radius 2 is 1.63 bits per heavy atom. The van der Waals surface area contributed by atoms with Crippen molar-refractivity contribution in [3.05, 3.63) is 76.1 Å². The van der Waals surface area contributed by atoms with Gasteiger partial charge >= 0.3 is 5.69 Å². The fourth-order valence-corrected chi connectivity index (χ4v) is 4.83. The van der Waals surface area contributed by atoms with Crippen molar-refractivity contribution in [2.45, 2.75) is 18.9 Å². The summed E-state index contributed by atoms with van der Waals surface area (Å²) in [6, 6.07) is 16.9. The van der Waals surface area contributed by atoms with Crippen LogP contribution >= 0.6 is 0 Å². The molecule has 2 heterocycles. The number of imidazole rings is 1. The van der Waals surface area contributed by atoms with E-state index < -0.39 is 10.0 Å². The second-order valence-corrected chi connectivity index (χ2v) is 8.52. The van der Waals surface area contributed by atoms with E-state index in [1.54, 1.807) is 10.6 Å². The summed E-state index contributed by atoms with van der Waals surface area (Å²) in [5, 5.41) is 1.26. The number of rotatable bonds is 4. The van der Waals surface area contributed by atoms with Crippen molar-refractivity contribution in [1.82, 2.24) is 13.9 Å². The van der Waals surface area contributed by atoms with Crippen molar-refractivity contribution in [3.63, 3.8) is 0 Å². The SMILES string of the molecule is O=c1[nH]c2ccccc2n1C1CCN(S(=O)(=O)/C=C/c2ccccc2)CC1. The molecule has 1 aliphatic heterocycles. The second-order valence-electron chi connectivity index (χ2n) is 6.71. The topological polar surface area (TPSA) is 75.2 Å². The first-order valence-electron chi connectivity index (χ1n) is 8.97. The van der Waals surface area contributed by atoms with Crippen LogP contribution in [0.4, 0.5) is 0 Å². The van der Waals surface area contributed by atoms with Gasteiger partial charge < -0.3 is 4.98 Å². The van der Waals surface area contributed by atoms with Crippen molar-refractivity contribution in [1.29, 1.82) is 0 Å². The maximum Gasteiger partial charge on any atom is 0.326 e. The molecule has 0 aliphatic carbocycles. The van der Waals surface area contributed by atoms with Crippen molar-refractivity contribution < 1.29 is 8.42 Å². The molecular formula is C20H21N3O3S. The van der Waals surface area contributed by atoms with E-state index in [2.05, 4.69) is 4.98 Å². The Morgan fingerprint density at radius 3 is 2.37 bits per heavy atom. The molecule has 3 aromatic rings. The molecular weight excluding hydrogens is 362 g/mol. The number of nitrogens with zero attached hydrogens (tertiary/aromatic N) is 2. The molecule has 0 bridgehead atoms. The zero-order valence-electron chi connectivity index (χ0n) is 14.8. The first-order chi connectivity index (χ1) is 13.0. The van der Waals surface area contributed by atoms with Gasteiger partial charge in [0.1, 0.15) is 0 Å². The van der Waals surface area contributed by atoms with Crippen molar-refractivity contribution >= 4 is 27.1 Å². The van der Waals surface area contributed by atoms with Gasteiger partial charge in [0, 0.05) is 24.5 Å². The highest BCUT2D eigenvalue weighted by Gasteiger charge is 2.28. The number of H-pyrrole nitrogens is 1. The standard InChI is InChI=1S/C20H21N3O3S/c24-20-21-18-8-4-5-9-19(18)23(20)17-10-13-22(14-11-17)27(25,26)15-12-16-6-2-1-3-7-16/h1-9,12,15,17H,10-11,13-14H2,(H,21,24)/b15-12+. The van der Waals surface area contributed by atoms with Crippen LogP contribution in [0.2, 0.25) is 0 Å². The molecule has 1 fully saturated rings. The Hall–Kier alpha value is -2.64. The number of para-hydroxylation sites is 2. The summed E-state index contributed by atoms with van der Waals surface area (Å²) >= 11 is 0. The molecule has 0 unspecified atom stereocenters. The number of sulfonamides is 1. The third-order valence-corrected chi connectivity index (χ3v) is 6.57. The van der Waals surface area contributed by atoms with Gasteiger partial charge in [0.15, 0.2) is 0 Å². The van der Waals surface area contributed by atoms with Gasteiger partial charge in [0.25, 0.3) is 0 Å². The number of nitrogens with one attached hydrogen (secondary N) is 1. The van der Waals surface area contributed by atoms with E-state index in [4.69, 9.17) is 0 Å². The van der Waals surface area contributed by atoms with E-state index in [1.807, 2.05) is 54.6 Å². The van der Waals surface area contributed by atoms with Crippen LogP contribution in [0.15, 0.2) is 64.8 Å². The lowest BCUT2D eigenvalue weighted by Crippen LogP contribution is -2.39. The van der Waals surface area contributed by atoms with Gasteiger partial charge in [-0.15, -0.1) is 0 Å². The van der Waals surface area contributed by atoms with E-state index in [9.17, 15) is 13.2 Å². The van der Waals surface area contributed by atoms with Crippen LogP contribution < -0.4 is 5.69 Å². The van der Waals surface area contributed by atoms with Crippen LogP contribution in [-0.4, -0.2) is 35.4 Å². The Kier molecular flexibility index (Phi) is 4.72. The van der Waals surface area contributed by atoms with Crippen LogP contribution in [0.3, 0.4) is 0 Å². The summed E-state index contributed by atoms with van der Waals surface area (Å²) in [6.45, 7) is 0.802. The van der Waals surface area contributed by atoms with Crippen molar-refractivity contribution in [3.8, 4) is 0 Å². The van der Waals surface area contributed by atoms with Gasteiger partial charge in [-0.1, -0.05) is 42.5 Å². The van der Waals surface area contributed by atoms with Crippen LogP contribution in [0.25, 0.3) is 17.1 Å². The average molecular weight is 383 g/mol. The third-order valence-electron chi connectivity index (χ3n) is 5.00. The molecule has 4 rings (SSSR count). The molecule has 1 aliphatic rings. The smallest absolute Gasteiger partial charge is 0.306 e.